The molecule has 0 heterocycles. The Bertz CT molecular complexity index is 466. The highest BCUT2D eigenvalue weighted by atomic mass is 35.5. The number of hydrogen-bond donors (Lipinski definition) is 3. The topological polar surface area (TPSA) is 86.6 Å². The van der Waals surface area contributed by atoms with Gasteiger partial charge in [0.15, 0.2) is 0 Å². The first kappa shape index (κ1) is 14.4. The minimum Gasteiger partial charge on any atom is -0.480 e. The summed E-state index contributed by atoms with van der Waals surface area (Å²) in [7, 11) is 0. The predicted molar refractivity (Wildman–Crippen MR) is 62.0 cm³/mol. The van der Waals surface area contributed by atoms with Gasteiger partial charge in [-0.25, -0.2) is 9.18 Å². The van der Waals surface area contributed by atoms with E-state index >= 15 is 0 Å². The molecule has 1 amide bonds. The Hall–Kier alpha value is -1.66. The summed E-state index contributed by atoms with van der Waals surface area (Å²) >= 11 is 5.62. The van der Waals surface area contributed by atoms with Crippen molar-refractivity contribution >= 4 is 23.5 Å². The summed E-state index contributed by atoms with van der Waals surface area (Å²) in [5.74, 6) is -3.00. The van der Waals surface area contributed by atoms with Crippen LogP contribution in [0.2, 0.25) is 5.02 Å². The molecule has 1 aromatic carbocycles. The third-order valence-electron chi connectivity index (χ3n) is 2.19. The van der Waals surface area contributed by atoms with Crippen LogP contribution in [0.1, 0.15) is 16.8 Å². The van der Waals surface area contributed by atoms with Gasteiger partial charge in [0.2, 0.25) is 0 Å². The first-order valence-corrected chi connectivity index (χ1v) is 5.43. The minimum absolute atomic E-state index is 0.163. The van der Waals surface area contributed by atoms with E-state index in [-0.39, 0.29) is 17.0 Å². The number of carbonyl (C=O) groups is 2. The SMILES string of the molecule is O=C(N[C@H](CCO)C(=O)O)c1cc(Cl)ccc1F. The second-order valence-electron chi connectivity index (χ2n) is 3.50. The van der Waals surface area contributed by atoms with E-state index in [2.05, 4.69) is 5.32 Å². The Morgan fingerprint density at radius 2 is 2.11 bits per heavy atom. The molecular formula is C11H11ClFNO4. The number of aliphatic carboxylic acids is 1. The van der Waals surface area contributed by atoms with E-state index in [1.165, 1.54) is 6.07 Å². The highest BCUT2D eigenvalue weighted by molar-refractivity contribution is 6.31. The summed E-state index contributed by atoms with van der Waals surface area (Å²) in [5, 5.41) is 19.7. The van der Waals surface area contributed by atoms with E-state index < -0.39 is 30.3 Å². The van der Waals surface area contributed by atoms with Crippen molar-refractivity contribution in [2.24, 2.45) is 0 Å². The third kappa shape index (κ3) is 3.68. The van der Waals surface area contributed by atoms with Crippen molar-refractivity contribution in [2.45, 2.75) is 12.5 Å². The monoisotopic (exact) mass is 275 g/mol. The lowest BCUT2D eigenvalue weighted by Crippen LogP contribution is -2.41. The summed E-state index contributed by atoms with van der Waals surface area (Å²) in [6.07, 6.45) is -0.163. The molecule has 98 valence electrons. The zero-order chi connectivity index (χ0) is 13.7. The van der Waals surface area contributed by atoms with Gasteiger partial charge in [-0.1, -0.05) is 11.6 Å². The van der Waals surface area contributed by atoms with Crippen LogP contribution < -0.4 is 5.32 Å². The van der Waals surface area contributed by atoms with Gasteiger partial charge in [-0.2, -0.15) is 0 Å². The first-order valence-electron chi connectivity index (χ1n) is 5.05. The van der Waals surface area contributed by atoms with Gasteiger partial charge in [0.1, 0.15) is 11.9 Å². The van der Waals surface area contributed by atoms with Gasteiger partial charge in [-0.15, -0.1) is 0 Å². The summed E-state index contributed by atoms with van der Waals surface area (Å²) in [6.45, 7) is -0.407. The molecule has 0 radical (unpaired) electrons. The Morgan fingerprint density at radius 3 is 2.67 bits per heavy atom. The van der Waals surface area contributed by atoms with Crippen molar-refractivity contribution in [3.63, 3.8) is 0 Å². The number of carboxylic acids is 1. The molecule has 0 saturated carbocycles. The van der Waals surface area contributed by atoms with Gasteiger partial charge in [0, 0.05) is 18.1 Å². The molecule has 0 bridgehead atoms. The Morgan fingerprint density at radius 1 is 1.44 bits per heavy atom. The number of carbonyl (C=O) groups excluding carboxylic acids is 1. The van der Waals surface area contributed by atoms with Gasteiger partial charge < -0.3 is 15.5 Å². The molecule has 3 N–H and O–H groups in total. The Labute approximate surface area is 107 Å². The molecule has 1 aromatic rings. The van der Waals surface area contributed by atoms with Crippen molar-refractivity contribution in [1.82, 2.24) is 5.32 Å². The molecule has 5 nitrogen and oxygen atoms in total. The van der Waals surface area contributed by atoms with Crippen LogP contribution in [0.5, 0.6) is 0 Å². The molecule has 0 saturated heterocycles. The minimum atomic E-state index is -1.31. The van der Waals surface area contributed by atoms with Crippen LogP contribution in [0.25, 0.3) is 0 Å². The molecule has 0 aliphatic rings. The summed E-state index contributed by atoms with van der Waals surface area (Å²) in [5.41, 5.74) is -0.341. The number of halogens is 2. The number of carboxylic acid groups (broad SMARTS) is 1. The number of amides is 1. The number of rotatable bonds is 5. The second-order valence-corrected chi connectivity index (χ2v) is 3.94. The maximum atomic E-state index is 13.3. The molecule has 18 heavy (non-hydrogen) atoms. The lowest BCUT2D eigenvalue weighted by atomic mass is 10.1. The van der Waals surface area contributed by atoms with Crippen LogP contribution in [-0.2, 0) is 4.79 Å². The van der Waals surface area contributed by atoms with Crippen molar-refractivity contribution in [1.29, 1.82) is 0 Å². The number of aliphatic hydroxyl groups is 1. The molecule has 7 heteroatoms. The third-order valence-corrected chi connectivity index (χ3v) is 2.43. The largest absolute Gasteiger partial charge is 0.480 e. The quantitative estimate of drug-likeness (QED) is 0.749. The smallest absolute Gasteiger partial charge is 0.326 e. The van der Waals surface area contributed by atoms with E-state index in [1.54, 1.807) is 0 Å². The van der Waals surface area contributed by atoms with Crippen LogP contribution >= 0.6 is 11.6 Å². The standard InChI is InChI=1S/C11H11ClFNO4/c12-6-1-2-8(13)7(5-6)10(16)14-9(3-4-15)11(17)18/h1-2,5,9,15H,3-4H2,(H,14,16)(H,17,18)/t9-/m1/s1. The first-order chi connectivity index (χ1) is 8.45. The average Bonchev–Trinajstić information content (AvgIpc) is 2.31. The molecule has 0 aliphatic heterocycles. The molecular weight excluding hydrogens is 265 g/mol. The van der Waals surface area contributed by atoms with Crippen LogP contribution in [0, 0.1) is 5.82 Å². The highest BCUT2D eigenvalue weighted by Crippen LogP contribution is 2.15. The fourth-order valence-corrected chi connectivity index (χ4v) is 1.47. The van der Waals surface area contributed by atoms with Gasteiger partial charge in [-0.05, 0) is 18.2 Å². The van der Waals surface area contributed by atoms with Crippen molar-refractivity contribution in [2.75, 3.05) is 6.61 Å². The van der Waals surface area contributed by atoms with E-state index in [0.717, 1.165) is 12.1 Å². The second kappa shape index (κ2) is 6.32. The zero-order valence-electron chi connectivity index (χ0n) is 9.19. The van der Waals surface area contributed by atoms with Gasteiger partial charge in [0.25, 0.3) is 5.91 Å². The molecule has 0 aromatic heterocycles. The van der Waals surface area contributed by atoms with Crippen molar-refractivity contribution in [3.8, 4) is 0 Å². The fraction of sp³-hybridized carbons (Fsp3) is 0.273. The molecule has 0 aliphatic carbocycles. The molecule has 0 unspecified atom stereocenters. The number of aliphatic hydroxyl groups excluding tert-OH is 1. The van der Waals surface area contributed by atoms with Crippen LogP contribution in [0.15, 0.2) is 18.2 Å². The zero-order valence-corrected chi connectivity index (χ0v) is 9.95. The lowest BCUT2D eigenvalue weighted by molar-refractivity contribution is -0.139. The van der Waals surface area contributed by atoms with Crippen LogP contribution in [0.4, 0.5) is 4.39 Å². The van der Waals surface area contributed by atoms with E-state index in [9.17, 15) is 14.0 Å². The molecule has 1 atom stereocenters. The van der Waals surface area contributed by atoms with Crippen molar-refractivity contribution in [3.05, 3.63) is 34.6 Å². The number of nitrogens with one attached hydrogen (secondary N) is 1. The van der Waals surface area contributed by atoms with Gasteiger partial charge in [-0.3, -0.25) is 4.79 Å². The van der Waals surface area contributed by atoms with Crippen LogP contribution in [-0.4, -0.2) is 34.7 Å². The van der Waals surface area contributed by atoms with Crippen LogP contribution in [0.3, 0.4) is 0 Å². The lowest BCUT2D eigenvalue weighted by Gasteiger charge is -2.13. The molecule has 1 rings (SSSR count). The summed E-state index contributed by atoms with van der Waals surface area (Å²) in [4.78, 5) is 22.4. The average molecular weight is 276 g/mol. The highest BCUT2D eigenvalue weighted by Gasteiger charge is 2.21. The predicted octanol–water partition coefficient (Wildman–Crippen LogP) is 1.04. The van der Waals surface area contributed by atoms with Gasteiger partial charge >= 0.3 is 5.97 Å². The normalized spacial score (nSPS) is 11.9. The number of hydrogen-bond acceptors (Lipinski definition) is 3. The maximum Gasteiger partial charge on any atom is 0.326 e. The van der Waals surface area contributed by atoms with E-state index in [1.807, 2.05) is 0 Å². The number of benzene rings is 1. The molecule has 0 fully saturated rings. The van der Waals surface area contributed by atoms with E-state index in [4.69, 9.17) is 21.8 Å². The summed E-state index contributed by atoms with van der Waals surface area (Å²) < 4.78 is 13.3. The van der Waals surface area contributed by atoms with Crippen molar-refractivity contribution < 1.29 is 24.2 Å². The molecule has 0 spiro atoms. The fourth-order valence-electron chi connectivity index (χ4n) is 1.29. The van der Waals surface area contributed by atoms with E-state index in [0.29, 0.717) is 0 Å². The Kier molecular flexibility index (Phi) is 5.06. The maximum absolute atomic E-state index is 13.3. The van der Waals surface area contributed by atoms with Gasteiger partial charge in [0.05, 0.1) is 5.56 Å². The Balaban J connectivity index is 2.86. The summed E-state index contributed by atoms with van der Waals surface area (Å²) in [6, 6.07) is 2.11.